The molecule has 6 nitrogen and oxygen atoms in total. The molecule has 0 aromatic heterocycles. The van der Waals surface area contributed by atoms with Crippen molar-refractivity contribution in [3.63, 3.8) is 0 Å². The van der Waals surface area contributed by atoms with E-state index < -0.39 is 0 Å². The van der Waals surface area contributed by atoms with Crippen molar-refractivity contribution in [2.45, 2.75) is 26.8 Å². The van der Waals surface area contributed by atoms with E-state index in [1.807, 2.05) is 68.4 Å². The highest BCUT2D eigenvalue weighted by atomic mass is 79.9. The first-order valence-corrected chi connectivity index (χ1v) is 12.1. The van der Waals surface area contributed by atoms with Crippen molar-refractivity contribution in [2.24, 2.45) is 0 Å². The zero-order chi connectivity index (χ0) is 24.3. The van der Waals surface area contributed by atoms with Gasteiger partial charge in [0, 0.05) is 12.2 Å². The Morgan fingerprint density at radius 2 is 1.76 bits per heavy atom. The van der Waals surface area contributed by atoms with E-state index in [-0.39, 0.29) is 12.5 Å². The summed E-state index contributed by atoms with van der Waals surface area (Å²) >= 11 is 3.58. The van der Waals surface area contributed by atoms with Crippen molar-refractivity contribution >= 4 is 27.5 Å². The van der Waals surface area contributed by atoms with E-state index in [1.165, 1.54) is 5.56 Å². The standard InChI is InChI=1S/C27H31BrN2O4/c1-4-33-25-16-20(17-29-14-13-21-7-5-6-8-24(21)32-3)15-23(28)27(25)34-18-26(31)30-22-11-9-19(2)10-12-22/h5-12,15-16,29H,4,13-14,17-18H2,1-3H3,(H,30,31). The summed E-state index contributed by atoms with van der Waals surface area (Å²) < 4.78 is 17.8. The van der Waals surface area contributed by atoms with Gasteiger partial charge in [-0.2, -0.15) is 0 Å². The third-order valence-corrected chi connectivity index (χ3v) is 5.73. The molecule has 0 heterocycles. The van der Waals surface area contributed by atoms with E-state index in [4.69, 9.17) is 14.2 Å². The highest BCUT2D eigenvalue weighted by Crippen LogP contribution is 2.37. The fraction of sp³-hybridized carbons (Fsp3) is 0.296. The number of aryl methyl sites for hydroxylation is 1. The molecule has 3 aromatic carbocycles. The summed E-state index contributed by atoms with van der Waals surface area (Å²) in [6, 6.07) is 19.6. The molecule has 3 rings (SSSR count). The van der Waals surface area contributed by atoms with Crippen LogP contribution >= 0.6 is 15.9 Å². The van der Waals surface area contributed by atoms with Crippen molar-refractivity contribution in [3.8, 4) is 17.2 Å². The first-order chi connectivity index (χ1) is 16.5. The molecule has 0 aliphatic carbocycles. The molecule has 180 valence electrons. The maximum atomic E-state index is 12.3. The van der Waals surface area contributed by atoms with Crippen molar-refractivity contribution in [1.29, 1.82) is 0 Å². The molecule has 0 spiro atoms. The summed E-state index contributed by atoms with van der Waals surface area (Å²) in [5.74, 6) is 1.78. The molecule has 0 aliphatic rings. The van der Waals surface area contributed by atoms with Crippen molar-refractivity contribution in [1.82, 2.24) is 5.32 Å². The molecule has 2 N–H and O–H groups in total. The minimum absolute atomic E-state index is 0.122. The first-order valence-electron chi connectivity index (χ1n) is 11.3. The predicted octanol–water partition coefficient (Wildman–Crippen LogP) is 5.51. The number of hydrogen-bond acceptors (Lipinski definition) is 5. The average Bonchev–Trinajstić information content (AvgIpc) is 2.83. The fourth-order valence-electron chi connectivity index (χ4n) is 3.46. The zero-order valence-corrected chi connectivity index (χ0v) is 21.4. The van der Waals surface area contributed by atoms with E-state index in [0.717, 1.165) is 40.0 Å². The van der Waals surface area contributed by atoms with Gasteiger partial charge in [0.2, 0.25) is 0 Å². The second-order valence-corrected chi connectivity index (χ2v) is 8.63. The fourth-order valence-corrected chi connectivity index (χ4v) is 4.07. The summed E-state index contributed by atoms with van der Waals surface area (Å²) in [5, 5.41) is 6.30. The van der Waals surface area contributed by atoms with E-state index in [0.29, 0.717) is 24.7 Å². The molecule has 0 atom stereocenters. The number of para-hydroxylation sites is 1. The highest BCUT2D eigenvalue weighted by Gasteiger charge is 2.14. The lowest BCUT2D eigenvalue weighted by Gasteiger charge is -2.16. The first kappa shape index (κ1) is 25.6. The number of methoxy groups -OCH3 is 1. The van der Waals surface area contributed by atoms with Gasteiger partial charge in [-0.1, -0.05) is 35.9 Å². The molecule has 0 fully saturated rings. The van der Waals surface area contributed by atoms with Crippen LogP contribution in [0.2, 0.25) is 0 Å². The Morgan fingerprint density at radius 1 is 1.00 bits per heavy atom. The van der Waals surface area contributed by atoms with E-state index in [9.17, 15) is 4.79 Å². The molecule has 0 saturated heterocycles. The Balaban J connectivity index is 1.57. The van der Waals surface area contributed by atoms with Gasteiger partial charge in [-0.3, -0.25) is 4.79 Å². The average molecular weight is 527 g/mol. The third kappa shape index (κ3) is 7.50. The number of benzene rings is 3. The number of halogens is 1. The lowest BCUT2D eigenvalue weighted by Crippen LogP contribution is -2.20. The Kier molecular flexibility index (Phi) is 9.79. The summed E-state index contributed by atoms with van der Waals surface area (Å²) in [6.45, 7) is 5.76. The third-order valence-electron chi connectivity index (χ3n) is 5.14. The van der Waals surface area contributed by atoms with Crippen molar-refractivity contribution in [3.05, 3.63) is 81.8 Å². The molecule has 0 saturated carbocycles. The van der Waals surface area contributed by atoms with Gasteiger partial charge in [0.1, 0.15) is 5.75 Å². The van der Waals surface area contributed by atoms with Gasteiger partial charge < -0.3 is 24.8 Å². The van der Waals surface area contributed by atoms with Gasteiger partial charge in [0.05, 0.1) is 18.2 Å². The number of nitrogens with one attached hydrogen (secondary N) is 2. The topological polar surface area (TPSA) is 68.8 Å². The van der Waals surface area contributed by atoms with E-state index >= 15 is 0 Å². The van der Waals surface area contributed by atoms with Gasteiger partial charge in [0.15, 0.2) is 18.1 Å². The van der Waals surface area contributed by atoms with Crippen LogP contribution in [0.5, 0.6) is 17.2 Å². The van der Waals surface area contributed by atoms with Crippen LogP contribution in [0, 0.1) is 6.92 Å². The Labute approximate surface area is 209 Å². The van der Waals surface area contributed by atoms with Gasteiger partial charge in [0.25, 0.3) is 5.91 Å². The molecule has 7 heteroatoms. The smallest absolute Gasteiger partial charge is 0.262 e. The summed E-state index contributed by atoms with van der Waals surface area (Å²) in [7, 11) is 1.69. The van der Waals surface area contributed by atoms with Crippen LogP contribution in [0.4, 0.5) is 5.69 Å². The molecule has 34 heavy (non-hydrogen) atoms. The normalized spacial score (nSPS) is 10.6. The van der Waals surface area contributed by atoms with E-state index in [2.05, 4.69) is 32.6 Å². The lowest BCUT2D eigenvalue weighted by molar-refractivity contribution is -0.118. The van der Waals surface area contributed by atoms with Gasteiger partial charge in [-0.05, 0) is 84.2 Å². The maximum absolute atomic E-state index is 12.3. The Bertz CT molecular complexity index is 1090. The largest absolute Gasteiger partial charge is 0.496 e. The predicted molar refractivity (Wildman–Crippen MR) is 139 cm³/mol. The Hall–Kier alpha value is -3.03. The summed E-state index contributed by atoms with van der Waals surface area (Å²) in [6.07, 6.45) is 0.862. The minimum atomic E-state index is -0.236. The lowest BCUT2D eigenvalue weighted by atomic mass is 10.1. The van der Waals surface area contributed by atoms with Crippen LogP contribution in [0.1, 0.15) is 23.6 Å². The van der Waals surface area contributed by atoms with Crippen LogP contribution in [-0.4, -0.2) is 32.8 Å². The summed E-state index contributed by atoms with van der Waals surface area (Å²) in [4.78, 5) is 12.3. The molecule has 0 aliphatic heterocycles. The molecular formula is C27H31BrN2O4. The number of amides is 1. The van der Waals surface area contributed by atoms with Gasteiger partial charge in [-0.15, -0.1) is 0 Å². The maximum Gasteiger partial charge on any atom is 0.262 e. The zero-order valence-electron chi connectivity index (χ0n) is 19.8. The number of anilines is 1. The van der Waals surface area contributed by atoms with Crippen molar-refractivity contribution < 1.29 is 19.0 Å². The van der Waals surface area contributed by atoms with E-state index in [1.54, 1.807) is 7.11 Å². The van der Waals surface area contributed by atoms with Crippen LogP contribution in [0.15, 0.2) is 65.1 Å². The quantitative estimate of drug-likeness (QED) is 0.304. The highest BCUT2D eigenvalue weighted by molar-refractivity contribution is 9.10. The number of rotatable bonds is 12. The van der Waals surface area contributed by atoms with Crippen LogP contribution in [-0.2, 0) is 17.8 Å². The van der Waals surface area contributed by atoms with Crippen LogP contribution in [0.3, 0.4) is 0 Å². The van der Waals surface area contributed by atoms with Gasteiger partial charge >= 0.3 is 0 Å². The minimum Gasteiger partial charge on any atom is -0.496 e. The Morgan fingerprint density at radius 3 is 2.50 bits per heavy atom. The van der Waals surface area contributed by atoms with Crippen LogP contribution in [0.25, 0.3) is 0 Å². The summed E-state index contributed by atoms with van der Waals surface area (Å²) in [5.41, 5.74) is 4.08. The molecule has 3 aromatic rings. The molecule has 0 bridgehead atoms. The van der Waals surface area contributed by atoms with Crippen molar-refractivity contribution in [2.75, 3.05) is 32.2 Å². The van der Waals surface area contributed by atoms with Crippen LogP contribution < -0.4 is 24.8 Å². The molecular weight excluding hydrogens is 496 g/mol. The van der Waals surface area contributed by atoms with Gasteiger partial charge in [-0.25, -0.2) is 0 Å². The number of hydrogen-bond donors (Lipinski definition) is 2. The molecule has 0 radical (unpaired) electrons. The second-order valence-electron chi connectivity index (χ2n) is 7.78. The number of carbonyl (C=O) groups is 1. The number of carbonyl (C=O) groups excluding carboxylic acids is 1. The number of ether oxygens (including phenoxy) is 3. The molecule has 0 unspecified atom stereocenters. The monoisotopic (exact) mass is 526 g/mol. The SMILES string of the molecule is CCOc1cc(CNCCc2ccccc2OC)cc(Br)c1OCC(=O)Nc1ccc(C)cc1. The second kappa shape index (κ2) is 13.0. The molecule has 1 amide bonds.